The first kappa shape index (κ1) is 17.5. The Balaban J connectivity index is 1.97. The summed E-state index contributed by atoms with van der Waals surface area (Å²) in [5.41, 5.74) is 2.25. The first-order valence-electron chi connectivity index (χ1n) is 8.25. The van der Waals surface area contributed by atoms with E-state index in [0.29, 0.717) is 24.5 Å². The van der Waals surface area contributed by atoms with Crippen LogP contribution in [0, 0.1) is 12.8 Å². The molecule has 1 fully saturated rings. The third-order valence-corrected chi connectivity index (χ3v) is 3.85. The third-order valence-electron chi connectivity index (χ3n) is 3.85. The Morgan fingerprint density at radius 1 is 1.35 bits per heavy atom. The summed E-state index contributed by atoms with van der Waals surface area (Å²) in [7, 11) is 0. The van der Waals surface area contributed by atoms with Crippen LogP contribution >= 0.6 is 0 Å². The number of carbonyl (C=O) groups is 2. The minimum Gasteiger partial charge on any atom is -0.379 e. The lowest BCUT2D eigenvalue weighted by atomic mass is 10.1. The summed E-state index contributed by atoms with van der Waals surface area (Å²) >= 11 is 0. The van der Waals surface area contributed by atoms with Crippen molar-refractivity contribution in [2.75, 3.05) is 18.5 Å². The van der Waals surface area contributed by atoms with Crippen LogP contribution in [0.3, 0.4) is 0 Å². The van der Waals surface area contributed by atoms with Gasteiger partial charge in [0.05, 0.1) is 12.6 Å². The minimum atomic E-state index is -0.0938. The van der Waals surface area contributed by atoms with Crippen LogP contribution < -0.4 is 10.6 Å². The quantitative estimate of drug-likeness (QED) is 0.877. The second-order valence-corrected chi connectivity index (χ2v) is 6.56. The van der Waals surface area contributed by atoms with Gasteiger partial charge in [-0.25, -0.2) is 0 Å². The van der Waals surface area contributed by atoms with Crippen molar-refractivity contribution in [1.82, 2.24) is 5.32 Å². The molecular weight excluding hydrogens is 292 g/mol. The zero-order valence-corrected chi connectivity index (χ0v) is 14.1. The second-order valence-electron chi connectivity index (χ2n) is 6.56. The highest BCUT2D eigenvalue weighted by Gasteiger charge is 2.17. The minimum absolute atomic E-state index is 0.000319. The van der Waals surface area contributed by atoms with Gasteiger partial charge >= 0.3 is 0 Å². The Kier molecular flexibility index (Phi) is 6.16. The van der Waals surface area contributed by atoms with Gasteiger partial charge in [-0.05, 0) is 49.4 Å². The van der Waals surface area contributed by atoms with Crippen LogP contribution in [-0.2, 0) is 9.53 Å². The maximum atomic E-state index is 12.3. The molecular formula is C18H26N2O3. The largest absolute Gasteiger partial charge is 0.379 e. The monoisotopic (exact) mass is 318 g/mol. The van der Waals surface area contributed by atoms with E-state index in [1.165, 1.54) is 0 Å². The van der Waals surface area contributed by atoms with E-state index in [9.17, 15) is 9.59 Å². The van der Waals surface area contributed by atoms with Gasteiger partial charge in [0.1, 0.15) is 0 Å². The van der Waals surface area contributed by atoms with E-state index in [0.717, 1.165) is 30.7 Å². The Hall–Kier alpha value is -1.88. The standard InChI is InChI=1S/C18H26N2O3/c1-12(2)9-17(21)20-16-7-6-14(10-13(16)3)18(22)19-15-5-4-8-23-11-15/h6-7,10,12,15H,4-5,8-9,11H2,1-3H3,(H,19,22)(H,20,21)/t15-/m0/s1. The zero-order chi connectivity index (χ0) is 16.8. The molecule has 1 heterocycles. The molecule has 0 unspecified atom stereocenters. The lowest BCUT2D eigenvalue weighted by Crippen LogP contribution is -2.40. The van der Waals surface area contributed by atoms with Crippen molar-refractivity contribution in [3.8, 4) is 0 Å². The normalized spacial score (nSPS) is 17.8. The van der Waals surface area contributed by atoms with Gasteiger partial charge in [0, 0.05) is 24.3 Å². The number of aryl methyl sites for hydroxylation is 1. The van der Waals surface area contributed by atoms with Crippen molar-refractivity contribution in [2.45, 2.75) is 46.1 Å². The topological polar surface area (TPSA) is 67.4 Å². The molecule has 5 heteroatoms. The number of rotatable bonds is 5. The van der Waals surface area contributed by atoms with E-state index in [2.05, 4.69) is 10.6 Å². The predicted molar refractivity (Wildman–Crippen MR) is 90.6 cm³/mol. The number of carbonyl (C=O) groups excluding carboxylic acids is 2. The van der Waals surface area contributed by atoms with Crippen molar-refractivity contribution in [2.24, 2.45) is 5.92 Å². The maximum Gasteiger partial charge on any atom is 0.251 e. The summed E-state index contributed by atoms with van der Waals surface area (Å²) < 4.78 is 5.37. The van der Waals surface area contributed by atoms with Crippen molar-refractivity contribution in [3.63, 3.8) is 0 Å². The average molecular weight is 318 g/mol. The summed E-state index contributed by atoms with van der Waals surface area (Å²) in [6.45, 7) is 7.26. The second kappa shape index (κ2) is 8.11. The summed E-state index contributed by atoms with van der Waals surface area (Å²) in [4.78, 5) is 24.1. The Labute approximate surface area is 137 Å². The molecule has 1 atom stereocenters. The summed E-state index contributed by atoms with van der Waals surface area (Å²) in [6.07, 6.45) is 2.42. The fourth-order valence-electron chi connectivity index (χ4n) is 2.64. The lowest BCUT2D eigenvalue weighted by molar-refractivity contribution is -0.116. The Morgan fingerprint density at radius 2 is 2.13 bits per heavy atom. The molecule has 0 aromatic heterocycles. The van der Waals surface area contributed by atoms with Gasteiger partial charge in [0.2, 0.25) is 5.91 Å². The van der Waals surface area contributed by atoms with Gasteiger partial charge in [-0.2, -0.15) is 0 Å². The number of anilines is 1. The highest BCUT2D eigenvalue weighted by atomic mass is 16.5. The lowest BCUT2D eigenvalue weighted by Gasteiger charge is -2.23. The van der Waals surface area contributed by atoms with E-state index in [4.69, 9.17) is 4.74 Å². The highest BCUT2D eigenvalue weighted by molar-refractivity contribution is 5.96. The number of hydrogen-bond donors (Lipinski definition) is 2. The molecule has 5 nitrogen and oxygen atoms in total. The molecule has 0 saturated carbocycles. The van der Waals surface area contributed by atoms with Crippen molar-refractivity contribution in [3.05, 3.63) is 29.3 Å². The maximum absolute atomic E-state index is 12.3. The zero-order valence-electron chi connectivity index (χ0n) is 14.1. The molecule has 126 valence electrons. The highest BCUT2D eigenvalue weighted by Crippen LogP contribution is 2.18. The van der Waals surface area contributed by atoms with E-state index in [1.54, 1.807) is 12.1 Å². The smallest absolute Gasteiger partial charge is 0.251 e. The average Bonchev–Trinajstić information content (AvgIpc) is 2.49. The number of ether oxygens (including phenoxy) is 1. The van der Waals surface area contributed by atoms with E-state index in [1.807, 2.05) is 26.8 Å². The van der Waals surface area contributed by atoms with E-state index < -0.39 is 0 Å². The summed E-state index contributed by atoms with van der Waals surface area (Å²) in [6, 6.07) is 5.43. The van der Waals surface area contributed by atoms with E-state index in [-0.39, 0.29) is 17.9 Å². The van der Waals surface area contributed by atoms with Crippen molar-refractivity contribution < 1.29 is 14.3 Å². The molecule has 0 spiro atoms. The molecule has 1 aliphatic rings. The molecule has 2 rings (SSSR count). The van der Waals surface area contributed by atoms with Crippen LogP contribution in [0.5, 0.6) is 0 Å². The SMILES string of the molecule is Cc1cc(C(=O)N[C@H]2CCCOC2)ccc1NC(=O)CC(C)C. The van der Waals surface area contributed by atoms with Crippen LogP contribution in [0.15, 0.2) is 18.2 Å². The van der Waals surface area contributed by atoms with Crippen LogP contribution in [0.1, 0.15) is 49.0 Å². The van der Waals surface area contributed by atoms with Gasteiger partial charge in [-0.1, -0.05) is 13.8 Å². The fourth-order valence-corrected chi connectivity index (χ4v) is 2.64. The van der Waals surface area contributed by atoms with Crippen LogP contribution in [0.25, 0.3) is 0 Å². The Morgan fingerprint density at radius 3 is 2.74 bits per heavy atom. The Bertz CT molecular complexity index is 563. The predicted octanol–water partition coefficient (Wildman–Crippen LogP) is 2.89. The summed E-state index contributed by atoms with van der Waals surface area (Å²) in [5, 5.41) is 5.90. The van der Waals surface area contributed by atoms with Gasteiger partial charge in [-0.3, -0.25) is 9.59 Å². The number of hydrogen-bond acceptors (Lipinski definition) is 3. The van der Waals surface area contributed by atoms with E-state index >= 15 is 0 Å². The molecule has 2 amide bonds. The number of amides is 2. The molecule has 23 heavy (non-hydrogen) atoms. The van der Waals surface area contributed by atoms with Gasteiger partial charge < -0.3 is 15.4 Å². The molecule has 0 radical (unpaired) electrons. The van der Waals surface area contributed by atoms with Crippen LogP contribution in [0.4, 0.5) is 5.69 Å². The fraction of sp³-hybridized carbons (Fsp3) is 0.556. The van der Waals surface area contributed by atoms with Crippen molar-refractivity contribution in [1.29, 1.82) is 0 Å². The van der Waals surface area contributed by atoms with Crippen molar-refractivity contribution >= 4 is 17.5 Å². The van der Waals surface area contributed by atoms with Crippen LogP contribution in [-0.4, -0.2) is 31.1 Å². The molecule has 1 aliphatic heterocycles. The number of nitrogens with one attached hydrogen (secondary N) is 2. The third kappa shape index (κ3) is 5.36. The van der Waals surface area contributed by atoms with Gasteiger partial charge in [0.15, 0.2) is 0 Å². The molecule has 1 aromatic carbocycles. The molecule has 0 bridgehead atoms. The first-order valence-corrected chi connectivity index (χ1v) is 8.25. The van der Waals surface area contributed by atoms with Gasteiger partial charge in [-0.15, -0.1) is 0 Å². The molecule has 0 aliphatic carbocycles. The summed E-state index contributed by atoms with van der Waals surface area (Å²) in [5.74, 6) is 0.224. The van der Waals surface area contributed by atoms with Gasteiger partial charge in [0.25, 0.3) is 5.91 Å². The first-order chi connectivity index (χ1) is 11.0. The van der Waals surface area contributed by atoms with Crippen LogP contribution in [0.2, 0.25) is 0 Å². The molecule has 2 N–H and O–H groups in total. The molecule has 1 aromatic rings. The number of benzene rings is 1. The molecule has 1 saturated heterocycles.